The Morgan fingerprint density at radius 1 is 1.22 bits per heavy atom. The maximum Gasteiger partial charge on any atom is 0.202 e. The molecule has 0 bridgehead atoms. The van der Waals surface area contributed by atoms with Crippen LogP contribution in [-0.4, -0.2) is 38.8 Å². The normalized spacial score (nSPS) is 11.3. The zero-order valence-corrected chi connectivity index (χ0v) is 7.33. The van der Waals surface area contributed by atoms with E-state index in [0.717, 1.165) is 5.75 Å². The largest absolute Gasteiger partial charge is 0.352 e. The van der Waals surface area contributed by atoms with Crippen LogP contribution >= 0.6 is 0 Å². The van der Waals surface area contributed by atoms with Gasteiger partial charge >= 0.3 is 0 Å². The summed E-state index contributed by atoms with van der Waals surface area (Å²) in [6, 6.07) is 0. The monoisotopic (exact) mass is 151 g/mol. The second-order valence-corrected chi connectivity index (χ2v) is 4.36. The van der Waals surface area contributed by atoms with E-state index in [4.69, 9.17) is 9.47 Å². The van der Waals surface area contributed by atoms with Crippen molar-refractivity contribution in [2.24, 2.45) is 0 Å². The summed E-state index contributed by atoms with van der Waals surface area (Å²) in [6.07, 6.45) is 4.33. The molecule has 0 amide bonds. The van der Waals surface area contributed by atoms with Crippen LogP contribution in [-0.2, 0) is 20.4 Å². The van der Waals surface area contributed by atoms with Gasteiger partial charge in [0.25, 0.3) is 0 Å². The van der Waals surface area contributed by atoms with Crippen LogP contribution in [0.1, 0.15) is 0 Å². The summed E-state index contributed by atoms with van der Waals surface area (Å²) in [5.41, 5.74) is 0. The quantitative estimate of drug-likeness (QED) is 0.430. The van der Waals surface area contributed by atoms with Crippen LogP contribution in [0.25, 0.3) is 0 Å². The molecule has 0 saturated heterocycles. The molecule has 0 aromatic heterocycles. The number of ether oxygens (including phenoxy) is 2. The second-order valence-electron chi connectivity index (χ2n) is 2.05. The van der Waals surface area contributed by atoms with Crippen LogP contribution in [0.4, 0.5) is 0 Å². The van der Waals surface area contributed by atoms with Crippen LogP contribution < -0.4 is 0 Å². The lowest BCUT2D eigenvalue weighted by molar-refractivity contribution is -0.0845. The fourth-order valence-corrected chi connectivity index (χ4v) is 1.32. The van der Waals surface area contributed by atoms with Crippen LogP contribution in [0.2, 0.25) is 0 Å². The highest BCUT2D eigenvalue weighted by atomic mass is 32.2. The smallest absolute Gasteiger partial charge is 0.202 e. The lowest BCUT2D eigenvalue weighted by atomic mass is 10.7. The molecular formula is C6H15O2S+. The molecule has 0 spiro atoms. The molecule has 0 atom stereocenters. The topological polar surface area (TPSA) is 18.5 Å². The van der Waals surface area contributed by atoms with Gasteiger partial charge in [0, 0.05) is 14.2 Å². The predicted octanol–water partition coefficient (Wildman–Crippen LogP) is 0.483. The lowest BCUT2D eigenvalue weighted by Gasteiger charge is -2.09. The molecule has 0 rings (SSSR count). The fourth-order valence-electron chi connectivity index (χ4n) is 0.504. The third-order valence-corrected chi connectivity index (χ3v) is 1.93. The summed E-state index contributed by atoms with van der Waals surface area (Å²) in [5.74, 6) is 0.993. The Balaban J connectivity index is 3.31. The first-order valence-corrected chi connectivity index (χ1v) is 5.01. The van der Waals surface area contributed by atoms with Crippen molar-refractivity contribution < 1.29 is 9.47 Å². The number of hydrogen-bond donors (Lipinski definition) is 0. The van der Waals surface area contributed by atoms with Crippen molar-refractivity contribution in [1.29, 1.82) is 0 Å². The van der Waals surface area contributed by atoms with Gasteiger partial charge in [-0.3, -0.25) is 0 Å². The molecule has 0 aliphatic rings. The van der Waals surface area contributed by atoms with E-state index in [0.29, 0.717) is 10.9 Å². The summed E-state index contributed by atoms with van der Waals surface area (Å²) in [6.45, 7) is 0. The Hall–Kier alpha value is 0.270. The molecule has 0 aromatic carbocycles. The van der Waals surface area contributed by atoms with Crippen molar-refractivity contribution in [3.63, 3.8) is 0 Å². The van der Waals surface area contributed by atoms with Gasteiger partial charge in [0.05, 0.1) is 12.5 Å². The van der Waals surface area contributed by atoms with Crippen LogP contribution in [0.3, 0.4) is 0 Å². The van der Waals surface area contributed by atoms with Gasteiger partial charge < -0.3 is 9.47 Å². The molecular weight excluding hydrogens is 136 g/mol. The first-order valence-electron chi connectivity index (χ1n) is 2.80. The zero-order valence-electron chi connectivity index (χ0n) is 6.51. The number of hydrogen-bond acceptors (Lipinski definition) is 2. The average molecular weight is 151 g/mol. The van der Waals surface area contributed by atoms with Gasteiger partial charge in [-0.2, -0.15) is 0 Å². The van der Waals surface area contributed by atoms with E-state index >= 15 is 0 Å². The Morgan fingerprint density at radius 3 is 1.78 bits per heavy atom. The van der Waals surface area contributed by atoms with Crippen LogP contribution in [0.15, 0.2) is 0 Å². The molecule has 0 heterocycles. The Bertz CT molecular complexity index is 62.1. The van der Waals surface area contributed by atoms with Gasteiger partial charge in [0.1, 0.15) is 0 Å². The highest BCUT2D eigenvalue weighted by Crippen LogP contribution is 1.95. The fraction of sp³-hybridized carbons (Fsp3) is 1.00. The summed E-state index contributed by atoms with van der Waals surface area (Å²) < 4.78 is 9.99. The minimum atomic E-state index is -0.0108. The standard InChI is InChI=1S/C6H15O2S/c1-7-6(8-2)5-9(3)4/h6H,5H2,1-4H3/q+1. The molecule has 0 saturated carbocycles. The van der Waals surface area contributed by atoms with Gasteiger partial charge in [-0.05, 0) is 10.9 Å². The van der Waals surface area contributed by atoms with Gasteiger partial charge in [0.15, 0.2) is 5.75 Å². The van der Waals surface area contributed by atoms with Crippen molar-refractivity contribution in [3.05, 3.63) is 0 Å². The van der Waals surface area contributed by atoms with Crippen molar-refractivity contribution >= 4 is 10.9 Å². The van der Waals surface area contributed by atoms with E-state index in [-0.39, 0.29) is 6.29 Å². The minimum absolute atomic E-state index is 0.0108. The molecule has 0 unspecified atom stereocenters. The molecule has 56 valence electrons. The van der Waals surface area contributed by atoms with Gasteiger partial charge in [-0.1, -0.05) is 0 Å². The Labute approximate surface area is 59.9 Å². The third kappa shape index (κ3) is 4.75. The molecule has 0 fully saturated rings. The first-order chi connectivity index (χ1) is 4.20. The van der Waals surface area contributed by atoms with E-state index < -0.39 is 0 Å². The molecule has 0 aromatic rings. The SMILES string of the molecule is COC(C[S+](C)C)OC. The molecule has 2 nitrogen and oxygen atoms in total. The van der Waals surface area contributed by atoms with Crippen molar-refractivity contribution in [2.75, 3.05) is 32.5 Å². The average Bonchev–Trinajstić information content (AvgIpc) is 1.82. The zero-order chi connectivity index (χ0) is 7.28. The molecule has 0 aliphatic carbocycles. The molecule has 3 heteroatoms. The number of rotatable bonds is 4. The Kier molecular flexibility index (Phi) is 5.24. The second kappa shape index (κ2) is 5.09. The van der Waals surface area contributed by atoms with E-state index in [2.05, 4.69) is 12.5 Å². The van der Waals surface area contributed by atoms with Crippen molar-refractivity contribution in [3.8, 4) is 0 Å². The number of methoxy groups -OCH3 is 2. The van der Waals surface area contributed by atoms with Gasteiger partial charge in [-0.25, -0.2) is 0 Å². The maximum atomic E-state index is 5.00. The van der Waals surface area contributed by atoms with Crippen molar-refractivity contribution in [1.82, 2.24) is 0 Å². The van der Waals surface area contributed by atoms with Crippen molar-refractivity contribution in [2.45, 2.75) is 6.29 Å². The molecule has 9 heavy (non-hydrogen) atoms. The van der Waals surface area contributed by atoms with E-state index in [1.54, 1.807) is 14.2 Å². The minimum Gasteiger partial charge on any atom is -0.352 e. The maximum absolute atomic E-state index is 5.00. The molecule has 0 aliphatic heterocycles. The molecule has 0 N–H and O–H groups in total. The summed E-state index contributed by atoms with van der Waals surface area (Å²) >= 11 is 0. The van der Waals surface area contributed by atoms with Gasteiger partial charge in [-0.15, -0.1) is 0 Å². The van der Waals surface area contributed by atoms with E-state index in [9.17, 15) is 0 Å². The van der Waals surface area contributed by atoms with E-state index in [1.165, 1.54) is 0 Å². The highest BCUT2D eigenvalue weighted by molar-refractivity contribution is 7.95. The third-order valence-electron chi connectivity index (χ3n) is 0.995. The van der Waals surface area contributed by atoms with E-state index in [1.807, 2.05) is 0 Å². The Morgan fingerprint density at radius 2 is 1.67 bits per heavy atom. The highest BCUT2D eigenvalue weighted by Gasteiger charge is 2.13. The summed E-state index contributed by atoms with van der Waals surface area (Å²) in [4.78, 5) is 0. The van der Waals surface area contributed by atoms with Crippen LogP contribution in [0, 0.1) is 0 Å². The van der Waals surface area contributed by atoms with Gasteiger partial charge in [0.2, 0.25) is 6.29 Å². The predicted molar refractivity (Wildman–Crippen MR) is 41.9 cm³/mol. The first kappa shape index (κ1) is 9.27. The summed E-state index contributed by atoms with van der Waals surface area (Å²) in [7, 11) is 3.74. The van der Waals surface area contributed by atoms with Crippen LogP contribution in [0.5, 0.6) is 0 Å². The summed E-state index contributed by atoms with van der Waals surface area (Å²) in [5, 5.41) is 0. The molecule has 0 radical (unpaired) electrons. The lowest BCUT2D eigenvalue weighted by Crippen LogP contribution is -2.23.